The number of anilines is 1. The Morgan fingerprint density at radius 3 is 3.09 bits per heavy atom. The molecule has 0 aliphatic carbocycles. The van der Waals surface area contributed by atoms with Crippen molar-refractivity contribution in [1.82, 2.24) is 19.6 Å². The monoisotopic (exact) mass is 307 g/mol. The fraction of sp³-hybridized carbons (Fsp3) is 0.0625. The number of hydrogen-bond acceptors (Lipinski definition) is 5. The van der Waals surface area contributed by atoms with Crippen LogP contribution in [0.1, 0.15) is 5.69 Å². The first-order valence-corrected chi connectivity index (χ1v) is 7.75. The van der Waals surface area contributed by atoms with Crippen molar-refractivity contribution < 1.29 is 0 Å². The molecule has 0 saturated heterocycles. The lowest BCUT2D eigenvalue weighted by Gasteiger charge is -2.04. The third kappa shape index (κ3) is 2.56. The topological polar surface area (TPSA) is 66.5 Å². The number of fused-ring (bicyclic) bond motifs is 1. The van der Waals surface area contributed by atoms with E-state index in [1.807, 2.05) is 36.5 Å². The Morgan fingerprint density at radius 1 is 1.18 bits per heavy atom. The molecule has 3 aromatic heterocycles. The highest BCUT2D eigenvalue weighted by Gasteiger charge is 2.04. The number of H-pyrrole nitrogens is 1. The SMILES string of the molecule is c1cncc(-c2cc(CNc3ccc4nscc4c3)[nH]n2)c1. The molecule has 22 heavy (non-hydrogen) atoms. The van der Waals surface area contributed by atoms with Gasteiger partial charge in [-0.25, -0.2) is 0 Å². The van der Waals surface area contributed by atoms with E-state index in [0.29, 0.717) is 6.54 Å². The van der Waals surface area contributed by atoms with Gasteiger partial charge >= 0.3 is 0 Å². The standard InChI is InChI=1S/C16H13N5S/c1-2-11(8-17-5-1)16-7-14(19-20-16)9-18-13-3-4-15-12(6-13)10-22-21-15/h1-8,10,18H,9H2,(H,19,20). The van der Waals surface area contributed by atoms with Crippen molar-refractivity contribution in [3.05, 3.63) is 59.9 Å². The number of nitrogens with one attached hydrogen (secondary N) is 2. The average Bonchev–Trinajstić information content (AvgIpc) is 3.22. The Morgan fingerprint density at radius 2 is 2.18 bits per heavy atom. The summed E-state index contributed by atoms with van der Waals surface area (Å²) in [5.74, 6) is 0. The van der Waals surface area contributed by atoms with Crippen molar-refractivity contribution in [2.45, 2.75) is 6.54 Å². The first kappa shape index (κ1) is 13.0. The van der Waals surface area contributed by atoms with E-state index in [2.05, 4.69) is 36.3 Å². The summed E-state index contributed by atoms with van der Waals surface area (Å²) in [4.78, 5) is 4.11. The third-order valence-corrected chi connectivity index (χ3v) is 4.09. The van der Waals surface area contributed by atoms with E-state index in [-0.39, 0.29) is 0 Å². The number of aromatic nitrogens is 4. The highest BCUT2D eigenvalue weighted by atomic mass is 32.1. The zero-order valence-electron chi connectivity index (χ0n) is 11.7. The smallest absolute Gasteiger partial charge is 0.0939 e. The first-order chi connectivity index (χ1) is 10.9. The van der Waals surface area contributed by atoms with Crippen LogP contribution in [0, 0.1) is 0 Å². The number of pyridine rings is 1. The van der Waals surface area contributed by atoms with E-state index in [1.165, 1.54) is 11.5 Å². The predicted octanol–water partition coefficient (Wildman–Crippen LogP) is 3.69. The minimum atomic E-state index is 0.691. The summed E-state index contributed by atoms with van der Waals surface area (Å²) >= 11 is 1.48. The number of hydrogen-bond donors (Lipinski definition) is 2. The number of aromatic amines is 1. The van der Waals surface area contributed by atoms with Gasteiger partial charge in [0.05, 0.1) is 23.4 Å². The van der Waals surface area contributed by atoms with Crippen molar-refractivity contribution in [2.24, 2.45) is 0 Å². The van der Waals surface area contributed by atoms with Gasteiger partial charge in [-0.15, -0.1) is 0 Å². The summed E-state index contributed by atoms with van der Waals surface area (Å²) < 4.78 is 4.31. The molecule has 0 bridgehead atoms. The zero-order valence-corrected chi connectivity index (χ0v) is 12.5. The Balaban J connectivity index is 1.48. The maximum atomic E-state index is 4.33. The van der Waals surface area contributed by atoms with Crippen molar-refractivity contribution in [3.63, 3.8) is 0 Å². The van der Waals surface area contributed by atoms with E-state index in [9.17, 15) is 0 Å². The van der Waals surface area contributed by atoms with Crippen LogP contribution in [0.4, 0.5) is 5.69 Å². The van der Waals surface area contributed by atoms with Crippen LogP contribution in [0.25, 0.3) is 22.2 Å². The fourth-order valence-electron chi connectivity index (χ4n) is 2.29. The molecule has 0 amide bonds. The lowest BCUT2D eigenvalue weighted by Crippen LogP contribution is -1.99. The summed E-state index contributed by atoms with van der Waals surface area (Å²) in [6, 6.07) is 12.1. The molecule has 4 aromatic rings. The zero-order chi connectivity index (χ0) is 14.8. The van der Waals surface area contributed by atoms with Crippen LogP contribution in [0.3, 0.4) is 0 Å². The molecule has 0 saturated carbocycles. The summed E-state index contributed by atoms with van der Waals surface area (Å²) in [5, 5.41) is 14.0. The maximum Gasteiger partial charge on any atom is 0.0939 e. The number of benzene rings is 1. The average molecular weight is 307 g/mol. The molecule has 108 valence electrons. The second kappa shape index (κ2) is 5.57. The van der Waals surface area contributed by atoms with Crippen molar-refractivity contribution in [3.8, 4) is 11.3 Å². The van der Waals surface area contributed by atoms with Gasteiger partial charge in [0.2, 0.25) is 0 Å². The van der Waals surface area contributed by atoms with E-state index >= 15 is 0 Å². The minimum Gasteiger partial charge on any atom is -0.379 e. The molecular weight excluding hydrogens is 294 g/mol. The Hall–Kier alpha value is -2.73. The van der Waals surface area contributed by atoms with Gasteiger partial charge in [0.1, 0.15) is 0 Å². The van der Waals surface area contributed by atoms with Gasteiger partial charge in [0.15, 0.2) is 0 Å². The molecule has 0 radical (unpaired) electrons. The molecule has 0 unspecified atom stereocenters. The number of rotatable bonds is 4. The molecule has 1 aromatic carbocycles. The first-order valence-electron chi connectivity index (χ1n) is 6.91. The van der Waals surface area contributed by atoms with Crippen LogP contribution in [-0.2, 0) is 6.54 Å². The summed E-state index contributed by atoms with van der Waals surface area (Å²) in [6.07, 6.45) is 3.57. The van der Waals surface area contributed by atoms with E-state index < -0.39 is 0 Å². The molecule has 0 atom stereocenters. The van der Waals surface area contributed by atoms with Crippen molar-refractivity contribution in [1.29, 1.82) is 0 Å². The normalized spacial score (nSPS) is 10.9. The Kier molecular flexibility index (Phi) is 3.29. The van der Waals surface area contributed by atoms with Crippen LogP contribution >= 0.6 is 11.5 Å². The van der Waals surface area contributed by atoms with Crippen LogP contribution in [0.2, 0.25) is 0 Å². The summed E-state index contributed by atoms with van der Waals surface area (Å²) in [5.41, 5.74) is 5.06. The largest absolute Gasteiger partial charge is 0.379 e. The minimum absolute atomic E-state index is 0.691. The van der Waals surface area contributed by atoms with Gasteiger partial charge in [-0.3, -0.25) is 10.1 Å². The molecule has 3 heterocycles. The summed E-state index contributed by atoms with van der Waals surface area (Å²) in [6.45, 7) is 0.691. The van der Waals surface area contributed by atoms with Gasteiger partial charge in [-0.1, -0.05) is 0 Å². The van der Waals surface area contributed by atoms with Gasteiger partial charge in [-0.05, 0) is 47.9 Å². The second-order valence-electron chi connectivity index (χ2n) is 4.96. The molecular formula is C16H13N5S. The molecule has 4 rings (SSSR count). The molecule has 2 N–H and O–H groups in total. The van der Waals surface area contributed by atoms with Crippen LogP contribution < -0.4 is 5.32 Å². The Labute approximate surface area is 131 Å². The lowest BCUT2D eigenvalue weighted by atomic mass is 10.2. The fourth-order valence-corrected chi connectivity index (χ4v) is 2.93. The van der Waals surface area contributed by atoms with Crippen molar-refractivity contribution in [2.75, 3.05) is 5.32 Å². The van der Waals surface area contributed by atoms with E-state index in [0.717, 1.165) is 33.5 Å². The van der Waals surface area contributed by atoms with Gasteiger partial charge in [0.25, 0.3) is 0 Å². The van der Waals surface area contributed by atoms with Gasteiger partial charge < -0.3 is 5.32 Å². The Bertz CT molecular complexity index is 897. The molecule has 0 aliphatic heterocycles. The van der Waals surface area contributed by atoms with Crippen LogP contribution in [0.5, 0.6) is 0 Å². The second-order valence-corrected chi connectivity index (χ2v) is 5.59. The van der Waals surface area contributed by atoms with Crippen LogP contribution in [0.15, 0.2) is 54.2 Å². The number of nitrogens with zero attached hydrogens (tertiary/aromatic N) is 3. The van der Waals surface area contributed by atoms with E-state index in [1.54, 1.807) is 6.20 Å². The quantitative estimate of drug-likeness (QED) is 0.603. The molecule has 0 fully saturated rings. The van der Waals surface area contributed by atoms with Crippen molar-refractivity contribution >= 4 is 28.1 Å². The third-order valence-electron chi connectivity index (χ3n) is 3.43. The van der Waals surface area contributed by atoms with E-state index in [4.69, 9.17) is 0 Å². The lowest BCUT2D eigenvalue weighted by molar-refractivity contribution is 0.983. The predicted molar refractivity (Wildman–Crippen MR) is 88.8 cm³/mol. The molecule has 6 heteroatoms. The molecule has 0 aliphatic rings. The molecule has 5 nitrogen and oxygen atoms in total. The highest BCUT2D eigenvalue weighted by Crippen LogP contribution is 2.21. The van der Waals surface area contributed by atoms with Crippen LogP contribution in [-0.4, -0.2) is 19.6 Å². The summed E-state index contributed by atoms with van der Waals surface area (Å²) in [7, 11) is 0. The van der Waals surface area contributed by atoms with Gasteiger partial charge in [-0.2, -0.15) is 9.47 Å². The van der Waals surface area contributed by atoms with Gasteiger partial charge in [0, 0.05) is 34.4 Å². The molecule has 0 spiro atoms. The maximum absolute atomic E-state index is 4.33. The highest BCUT2D eigenvalue weighted by molar-refractivity contribution is 7.04.